The van der Waals surface area contributed by atoms with Gasteiger partial charge in [0, 0.05) is 36.6 Å². The van der Waals surface area contributed by atoms with E-state index < -0.39 is 11.9 Å². The van der Waals surface area contributed by atoms with E-state index in [1.165, 1.54) is 5.56 Å². The van der Waals surface area contributed by atoms with Crippen LogP contribution in [-0.2, 0) is 9.59 Å². The number of phenols is 2. The van der Waals surface area contributed by atoms with Crippen molar-refractivity contribution >= 4 is 22.7 Å². The van der Waals surface area contributed by atoms with E-state index in [2.05, 4.69) is 12.2 Å². The fraction of sp³-hybridized carbons (Fsp3) is 0.263. The van der Waals surface area contributed by atoms with Gasteiger partial charge in [-0.2, -0.15) is 0 Å². The number of hydrogen-bond donors (Lipinski definition) is 4. The van der Waals surface area contributed by atoms with Gasteiger partial charge in [0.2, 0.25) is 0 Å². The molecule has 4 N–H and O–H groups in total. The van der Waals surface area contributed by atoms with Crippen LogP contribution in [0.4, 0.5) is 0 Å². The van der Waals surface area contributed by atoms with Crippen molar-refractivity contribution in [3.63, 3.8) is 0 Å². The summed E-state index contributed by atoms with van der Waals surface area (Å²) in [6.45, 7) is 2.17. The maximum Gasteiger partial charge on any atom is 0.300 e. The lowest BCUT2D eigenvalue weighted by atomic mass is 9.90. The average Bonchev–Trinajstić information content (AvgIpc) is 3.13. The van der Waals surface area contributed by atoms with Gasteiger partial charge in [-0.1, -0.05) is 36.4 Å². The van der Waals surface area contributed by atoms with E-state index in [0.717, 1.165) is 36.6 Å². The Balaban J connectivity index is 0.000000241. The van der Waals surface area contributed by atoms with Crippen LogP contribution in [0.15, 0.2) is 36.4 Å². The molecule has 0 saturated carbocycles. The monoisotopic (exact) mass is 344 g/mol. The largest absolute Gasteiger partial charge is 0.504 e. The van der Waals surface area contributed by atoms with Gasteiger partial charge in [0.25, 0.3) is 11.9 Å². The molecule has 2 aromatic rings. The average molecular weight is 344 g/mol. The Morgan fingerprint density at radius 1 is 0.840 bits per heavy atom. The van der Waals surface area contributed by atoms with E-state index >= 15 is 0 Å². The van der Waals surface area contributed by atoms with Crippen molar-refractivity contribution in [1.29, 1.82) is 0 Å². The molecule has 2 atom stereocenters. The molecule has 0 amide bonds. The summed E-state index contributed by atoms with van der Waals surface area (Å²) in [4.78, 5) is 18.0. The molecule has 0 radical (unpaired) electrons. The smallest absolute Gasteiger partial charge is 0.300 e. The quantitative estimate of drug-likeness (QED) is 0.429. The van der Waals surface area contributed by atoms with E-state index in [1.807, 2.05) is 24.3 Å². The summed E-state index contributed by atoms with van der Waals surface area (Å²) >= 11 is 0. The number of carboxylic acid groups (broad SMARTS) is 2. The van der Waals surface area contributed by atoms with Crippen LogP contribution in [0.3, 0.4) is 0 Å². The van der Waals surface area contributed by atoms with Crippen molar-refractivity contribution < 1.29 is 30.0 Å². The molecule has 0 aromatic heterocycles. The molecular formula is C19H20O6. The minimum Gasteiger partial charge on any atom is -0.504 e. The number of phenolic OH excluding ortho intramolecular Hbond substituents is 2. The van der Waals surface area contributed by atoms with Gasteiger partial charge in [0.1, 0.15) is 0 Å². The lowest BCUT2D eigenvalue weighted by Gasteiger charge is -2.17. The first kappa shape index (κ1) is 18.3. The lowest BCUT2D eigenvalue weighted by molar-refractivity contribution is -0.135. The van der Waals surface area contributed by atoms with Crippen LogP contribution >= 0.6 is 0 Å². The zero-order valence-corrected chi connectivity index (χ0v) is 13.9. The molecule has 0 saturated heterocycles. The highest BCUT2D eigenvalue weighted by atomic mass is 16.4. The third kappa shape index (κ3) is 3.74. The van der Waals surface area contributed by atoms with Gasteiger partial charge in [-0.15, -0.1) is 0 Å². The summed E-state index contributed by atoms with van der Waals surface area (Å²) in [5.74, 6) is -0.868. The maximum atomic E-state index is 10.2. The number of rotatable bonds is 0. The number of allylic oxidation sites excluding steroid dienone is 2. The molecule has 2 aromatic carbocycles. The minimum absolute atomic E-state index is 0.0281. The topological polar surface area (TPSA) is 115 Å². The van der Waals surface area contributed by atoms with Gasteiger partial charge in [-0.05, 0) is 17.4 Å². The van der Waals surface area contributed by atoms with Crippen LogP contribution in [0.2, 0.25) is 0 Å². The summed E-state index contributed by atoms with van der Waals surface area (Å²) in [6, 6.07) is 7.76. The first-order chi connectivity index (χ1) is 11.7. The normalized spacial score (nSPS) is 18.6. The van der Waals surface area contributed by atoms with E-state index in [9.17, 15) is 10.2 Å². The predicted octanol–water partition coefficient (Wildman–Crippen LogP) is 3.57. The van der Waals surface area contributed by atoms with Crippen LogP contribution < -0.4 is 0 Å². The summed E-state index contributed by atoms with van der Waals surface area (Å²) in [7, 11) is 0. The molecule has 132 valence electrons. The third-order valence-corrected chi connectivity index (χ3v) is 4.07. The van der Waals surface area contributed by atoms with Crippen LogP contribution in [-0.4, -0.2) is 32.4 Å². The summed E-state index contributed by atoms with van der Waals surface area (Å²) in [5, 5.41) is 36.9. The Morgan fingerprint density at radius 2 is 1.28 bits per heavy atom. The molecule has 0 aliphatic heterocycles. The zero-order chi connectivity index (χ0) is 18.7. The summed E-state index contributed by atoms with van der Waals surface area (Å²) < 4.78 is 0. The van der Waals surface area contributed by atoms with Crippen LogP contribution in [0.5, 0.6) is 11.5 Å². The van der Waals surface area contributed by atoms with Crippen molar-refractivity contribution in [2.75, 3.05) is 0 Å². The van der Waals surface area contributed by atoms with E-state index in [4.69, 9.17) is 19.8 Å². The number of fused-ring (bicyclic) bond motifs is 7. The Bertz CT molecular complexity index is 833. The van der Waals surface area contributed by atoms with Crippen molar-refractivity contribution in [3.05, 3.63) is 47.5 Å². The molecule has 0 spiro atoms. The van der Waals surface area contributed by atoms with E-state index in [1.54, 1.807) is 0 Å². The van der Waals surface area contributed by atoms with Gasteiger partial charge in [-0.3, -0.25) is 9.59 Å². The maximum absolute atomic E-state index is 10.2. The van der Waals surface area contributed by atoms with Gasteiger partial charge in [-0.25, -0.2) is 0 Å². The van der Waals surface area contributed by atoms with Gasteiger partial charge >= 0.3 is 0 Å². The number of aliphatic carboxylic acids is 2. The number of hydrogen-bond acceptors (Lipinski definition) is 4. The Labute approximate surface area is 144 Å². The highest BCUT2D eigenvalue weighted by Crippen LogP contribution is 2.56. The molecule has 0 heterocycles. The Hall–Kier alpha value is -3.02. The second-order valence-electron chi connectivity index (χ2n) is 5.94. The van der Waals surface area contributed by atoms with Crippen LogP contribution in [0.1, 0.15) is 43.2 Å². The van der Waals surface area contributed by atoms with E-state index in [0.29, 0.717) is 5.92 Å². The number of benzene rings is 2. The van der Waals surface area contributed by atoms with Gasteiger partial charge in [0.05, 0.1) is 0 Å². The minimum atomic E-state index is -0.833. The highest BCUT2D eigenvalue weighted by molar-refractivity contribution is 5.96. The standard InChI is InChI=1S/C15H12O2.2C2H4O2/c16-14-11-4-2-1-3-10(11)12-8-5-6-9(7-8)13(12)15(14)17;2*1-2(3)4/h1-6,8-9,16-17H,7H2;2*1H3,(H,3,4). The van der Waals surface area contributed by atoms with Crippen molar-refractivity contribution in [3.8, 4) is 11.5 Å². The van der Waals surface area contributed by atoms with Crippen molar-refractivity contribution in [2.24, 2.45) is 0 Å². The fourth-order valence-electron chi connectivity index (χ4n) is 3.35. The molecule has 0 fully saturated rings. The second-order valence-corrected chi connectivity index (χ2v) is 5.94. The molecule has 2 unspecified atom stereocenters. The Morgan fingerprint density at radius 3 is 1.80 bits per heavy atom. The molecule has 2 aliphatic rings. The lowest BCUT2D eigenvalue weighted by Crippen LogP contribution is -1.95. The first-order valence-electron chi connectivity index (χ1n) is 7.77. The molecule has 4 rings (SSSR count). The molecule has 25 heavy (non-hydrogen) atoms. The number of carboxylic acids is 2. The van der Waals surface area contributed by atoms with E-state index in [-0.39, 0.29) is 17.4 Å². The predicted molar refractivity (Wildman–Crippen MR) is 93.1 cm³/mol. The van der Waals surface area contributed by atoms with Crippen molar-refractivity contribution in [2.45, 2.75) is 32.1 Å². The molecule has 6 heteroatoms. The van der Waals surface area contributed by atoms with Crippen LogP contribution in [0, 0.1) is 0 Å². The third-order valence-electron chi connectivity index (χ3n) is 4.07. The van der Waals surface area contributed by atoms with Gasteiger partial charge in [0.15, 0.2) is 11.5 Å². The summed E-state index contributed by atoms with van der Waals surface area (Å²) in [6.07, 6.45) is 5.40. The molecular weight excluding hydrogens is 324 g/mol. The first-order valence-corrected chi connectivity index (χ1v) is 7.77. The molecule has 6 nitrogen and oxygen atoms in total. The number of aromatic hydroxyl groups is 2. The van der Waals surface area contributed by atoms with Crippen molar-refractivity contribution in [1.82, 2.24) is 0 Å². The fourth-order valence-corrected chi connectivity index (χ4v) is 3.35. The second kappa shape index (κ2) is 7.25. The van der Waals surface area contributed by atoms with Crippen LogP contribution in [0.25, 0.3) is 10.8 Å². The highest BCUT2D eigenvalue weighted by Gasteiger charge is 2.37. The summed E-state index contributed by atoms with van der Waals surface area (Å²) in [5.41, 5.74) is 2.15. The molecule has 2 aliphatic carbocycles. The number of carbonyl (C=O) groups is 2. The zero-order valence-electron chi connectivity index (χ0n) is 13.9. The Kier molecular flexibility index (Phi) is 5.32. The molecule has 2 bridgehead atoms. The SMILES string of the molecule is CC(=O)O.CC(=O)O.Oc1c2c(c3ccccc3c1O)C1C=CC2C1. The van der Waals surface area contributed by atoms with Gasteiger partial charge < -0.3 is 20.4 Å².